The molecule has 0 aliphatic heterocycles. The van der Waals surface area contributed by atoms with Crippen molar-refractivity contribution >= 4 is 11.9 Å². The Morgan fingerprint density at radius 1 is 1.12 bits per heavy atom. The number of nitrogens with zero attached hydrogens (tertiary/aromatic N) is 1. The van der Waals surface area contributed by atoms with Gasteiger partial charge in [-0.3, -0.25) is 9.79 Å². The van der Waals surface area contributed by atoms with Crippen LogP contribution in [0.5, 0.6) is 5.75 Å². The van der Waals surface area contributed by atoms with Crippen molar-refractivity contribution in [3.63, 3.8) is 0 Å². The third-order valence-electron chi connectivity index (χ3n) is 3.52. The van der Waals surface area contributed by atoms with Gasteiger partial charge in [0.2, 0.25) is 5.91 Å². The zero-order valence-electron chi connectivity index (χ0n) is 14.4. The molecule has 2 aromatic rings. The lowest BCUT2D eigenvalue weighted by Gasteiger charge is -2.12. The minimum atomic E-state index is -0.428. The number of aliphatic imine (C=N–C) groups is 1. The van der Waals surface area contributed by atoms with Crippen LogP contribution >= 0.6 is 0 Å². The van der Waals surface area contributed by atoms with Crippen LogP contribution in [-0.4, -0.2) is 32.1 Å². The van der Waals surface area contributed by atoms with E-state index in [1.165, 1.54) is 0 Å². The molecule has 0 unspecified atom stereocenters. The second-order valence-corrected chi connectivity index (χ2v) is 5.43. The van der Waals surface area contributed by atoms with Crippen LogP contribution < -0.4 is 21.1 Å². The Morgan fingerprint density at radius 3 is 2.64 bits per heavy atom. The molecule has 0 bridgehead atoms. The number of guanidine groups is 1. The third kappa shape index (κ3) is 6.55. The van der Waals surface area contributed by atoms with E-state index in [1.54, 1.807) is 19.2 Å². The molecule has 0 aromatic heterocycles. The molecule has 2 rings (SSSR count). The summed E-state index contributed by atoms with van der Waals surface area (Å²) in [6.45, 7) is 1.93. The summed E-state index contributed by atoms with van der Waals surface area (Å²) >= 11 is 0. The molecule has 4 N–H and O–H groups in total. The van der Waals surface area contributed by atoms with Gasteiger partial charge in [0.15, 0.2) is 5.96 Å². The highest BCUT2D eigenvalue weighted by Crippen LogP contribution is 2.08. The largest absolute Gasteiger partial charge is 0.494 e. The van der Waals surface area contributed by atoms with Crippen molar-refractivity contribution in [3.05, 3.63) is 65.7 Å². The first-order valence-electron chi connectivity index (χ1n) is 8.20. The van der Waals surface area contributed by atoms with Gasteiger partial charge in [0.25, 0.3) is 0 Å². The minimum Gasteiger partial charge on any atom is -0.494 e. The number of nitrogens with two attached hydrogens (primary N) is 1. The highest BCUT2D eigenvalue weighted by Gasteiger charge is 2.02. The Kier molecular flexibility index (Phi) is 7.31. The molecule has 6 nitrogen and oxygen atoms in total. The van der Waals surface area contributed by atoms with E-state index in [0.717, 1.165) is 24.3 Å². The number of ether oxygens (including phenoxy) is 1. The predicted molar refractivity (Wildman–Crippen MR) is 99.7 cm³/mol. The number of hydrogen-bond acceptors (Lipinski definition) is 3. The van der Waals surface area contributed by atoms with E-state index >= 15 is 0 Å². The van der Waals surface area contributed by atoms with Crippen molar-refractivity contribution in [1.29, 1.82) is 0 Å². The molecule has 132 valence electrons. The zero-order valence-corrected chi connectivity index (χ0v) is 14.4. The highest BCUT2D eigenvalue weighted by molar-refractivity contribution is 5.92. The lowest BCUT2D eigenvalue weighted by Crippen LogP contribution is -2.37. The van der Waals surface area contributed by atoms with Crippen LogP contribution in [0.25, 0.3) is 0 Å². The summed E-state index contributed by atoms with van der Waals surface area (Å²) in [5.41, 5.74) is 6.76. The molecule has 0 saturated carbocycles. The summed E-state index contributed by atoms with van der Waals surface area (Å²) in [4.78, 5) is 15.4. The Hall–Kier alpha value is -3.02. The molecule has 0 atom stereocenters. The van der Waals surface area contributed by atoms with Crippen molar-refractivity contribution in [2.75, 3.05) is 20.2 Å². The number of carbonyl (C=O) groups excluding carboxylic acids is 1. The van der Waals surface area contributed by atoms with Crippen LogP contribution in [-0.2, 0) is 6.54 Å². The van der Waals surface area contributed by atoms with Gasteiger partial charge in [-0.1, -0.05) is 30.3 Å². The molecule has 0 aliphatic carbocycles. The fourth-order valence-electron chi connectivity index (χ4n) is 2.23. The normalized spacial score (nSPS) is 11.0. The van der Waals surface area contributed by atoms with Crippen molar-refractivity contribution < 1.29 is 9.53 Å². The maximum absolute atomic E-state index is 11.2. The van der Waals surface area contributed by atoms with Gasteiger partial charge in [0.1, 0.15) is 5.75 Å². The summed E-state index contributed by atoms with van der Waals surface area (Å²) < 4.78 is 5.64. The summed E-state index contributed by atoms with van der Waals surface area (Å²) in [5.74, 6) is 1.14. The van der Waals surface area contributed by atoms with Crippen LogP contribution in [0.2, 0.25) is 0 Å². The molecule has 0 saturated heterocycles. The van der Waals surface area contributed by atoms with Gasteiger partial charge in [-0.15, -0.1) is 0 Å². The number of carbonyl (C=O) groups is 1. The Balaban J connectivity index is 1.68. The Labute approximate surface area is 148 Å². The van der Waals surface area contributed by atoms with Gasteiger partial charge in [-0.25, -0.2) is 0 Å². The molecule has 0 fully saturated rings. The minimum absolute atomic E-state index is 0.428. The van der Waals surface area contributed by atoms with E-state index in [4.69, 9.17) is 10.5 Å². The van der Waals surface area contributed by atoms with Crippen LogP contribution in [0.4, 0.5) is 0 Å². The quantitative estimate of drug-likeness (QED) is 0.389. The summed E-state index contributed by atoms with van der Waals surface area (Å²) in [6, 6.07) is 17.0. The fourth-order valence-corrected chi connectivity index (χ4v) is 2.23. The maximum atomic E-state index is 11.2. The standard InChI is InChI=1S/C19H24N4O2/c1-21-19(22-11-6-12-25-17-9-3-2-4-10-17)23-14-15-7-5-8-16(13-15)18(20)24/h2-5,7-10,13H,6,11-12,14H2,1H3,(H2,20,24)(H2,21,22,23). The lowest BCUT2D eigenvalue weighted by atomic mass is 10.1. The number of para-hydroxylation sites is 1. The summed E-state index contributed by atoms with van der Waals surface area (Å²) in [5, 5.41) is 6.44. The van der Waals surface area contributed by atoms with Gasteiger partial charge >= 0.3 is 0 Å². The monoisotopic (exact) mass is 340 g/mol. The average molecular weight is 340 g/mol. The van der Waals surface area contributed by atoms with Crippen molar-refractivity contribution in [2.45, 2.75) is 13.0 Å². The topological polar surface area (TPSA) is 88.7 Å². The second-order valence-electron chi connectivity index (χ2n) is 5.43. The Morgan fingerprint density at radius 2 is 1.92 bits per heavy atom. The fraction of sp³-hybridized carbons (Fsp3) is 0.263. The molecule has 0 heterocycles. The SMILES string of the molecule is CN=C(NCCCOc1ccccc1)NCc1cccc(C(N)=O)c1. The molecule has 2 aromatic carbocycles. The van der Waals surface area contributed by atoms with Gasteiger partial charge < -0.3 is 21.1 Å². The van der Waals surface area contributed by atoms with Crippen molar-refractivity contribution in [3.8, 4) is 5.75 Å². The Bertz CT molecular complexity index is 702. The molecule has 0 spiro atoms. The van der Waals surface area contributed by atoms with Crippen molar-refractivity contribution in [1.82, 2.24) is 10.6 Å². The number of hydrogen-bond donors (Lipinski definition) is 3. The second kappa shape index (κ2) is 9.97. The molecule has 25 heavy (non-hydrogen) atoms. The molecule has 0 radical (unpaired) electrons. The highest BCUT2D eigenvalue weighted by atomic mass is 16.5. The summed E-state index contributed by atoms with van der Waals surface area (Å²) in [7, 11) is 1.72. The number of nitrogens with one attached hydrogen (secondary N) is 2. The average Bonchev–Trinajstić information content (AvgIpc) is 2.65. The van der Waals surface area contributed by atoms with E-state index in [9.17, 15) is 4.79 Å². The molecule has 0 aliphatic rings. The van der Waals surface area contributed by atoms with Gasteiger partial charge in [-0.2, -0.15) is 0 Å². The number of primary amides is 1. The first-order chi connectivity index (χ1) is 12.2. The summed E-state index contributed by atoms with van der Waals surface area (Å²) in [6.07, 6.45) is 0.854. The number of amides is 1. The first-order valence-corrected chi connectivity index (χ1v) is 8.20. The van der Waals surface area contributed by atoms with E-state index in [1.807, 2.05) is 42.5 Å². The van der Waals surface area contributed by atoms with Gasteiger partial charge in [0.05, 0.1) is 6.61 Å². The predicted octanol–water partition coefficient (Wildman–Crippen LogP) is 1.92. The number of benzene rings is 2. The number of rotatable bonds is 8. The van der Waals surface area contributed by atoms with Crippen LogP contribution in [0.3, 0.4) is 0 Å². The first kappa shape index (κ1) is 18.3. The van der Waals surface area contributed by atoms with Crippen LogP contribution in [0.1, 0.15) is 22.3 Å². The van der Waals surface area contributed by atoms with Crippen molar-refractivity contribution in [2.24, 2.45) is 10.7 Å². The van der Waals surface area contributed by atoms with Gasteiger partial charge in [0, 0.05) is 25.7 Å². The van der Waals surface area contributed by atoms with E-state index in [2.05, 4.69) is 15.6 Å². The van der Waals surface area contributed by atoms with Crippen LogP contribution in [0.15, 0.2) is 59.6 Å². The molecular formula is C19H24N4O2. The molecule has 1 amide bonds. The lowest BCUT2D eigenvalue weighted by molar-refractivity contribution is 0.1000. The van der Waals surface area contributed by atoms with Crippen LogP contribution in [0, 0.1) is 0 Å². The van der Waals surface area contributed by atoms with E-state index in [-0.39, 0.29) is 0 Å². The van der Waals surface area contributed by atoms with Gasteiger partial charge in [-0.05, 0) is 36.2 Å². The third-order valence-corrected chi connectivity index (χ3v) is 3.52. The van der Waals surface area contributed by atoms with E-state index in [0.29, 0.717) is 24.7 Å². The zero-order chi connectivity index (χ0) is 17.9. The molecular weight excluding hydrogens is 316 g/mol. The smallest absolute Gasteiger partial charge is 0.248 e. The molecule has 6 heteroatoms. The van der Waals surface area contributed by atoms with E-state index < -0.39 is 5.91 Å². The maximum Gasteiger partial charge on any atom is 0.248 e.